The largest absolute Gasteiger partial charge is 0.444 e. The zero-order valence-corrected chi connectivity index (χ0v) is 18.1. The van der Waals surface area contributed by atoms with Crippen molar-refractivity contribution in [2.24, 2.45) is 10.9 Å². The van der Waals surface area contributed by atoms with E-state index in [1.165, 1.54) is 7.05 Å². The number of amides is 1. The van der Waals surface area contributed by atoms with Crippen molar-refractivity contribution in [3.8, 4) is 0 Å². The Hall–Kier alpha value is -0.940. The molecule has 1 atom stereocenters. The normalized spacial score (nSPS) is 18.8. The topological polar surface area (TPSA) is 66.0 Å². The van der Waals surface area contributed by atoms with Crippen molar-refractivity contribution >= 4 is 36.0 Å². The van der Waals surface area contributed by atoms with Gasteiger partial charge in [0.15, 0.2) is 5.96 Å². The van der Waals surface area contributed by atoms with Crippen LogP contribution in [-0.4, -0.2) is 62.0 Å². The summed E-state index contributed by atoms with van der Waals surface area (Å²) in [4.78, 5) is 17.7. The molecule has 0 spiro atoms. The molecule has 1 aliphatic heterocycles. The van der Waals surface area contributed by atoms with Gasteiger partial charge in [0, 0.05) is 33.2 Å². The van der Waals surface area contributed by atoms with E-state index >= 15 is 0 Å². The Kier molecular flexibility index (Phi) is 10.6. The zero-order chi connectivity index (χ0) is 19.1. The molecule has 0 saturated carbocycles. The number of alkyl halides is 3. The third kappa shape index (κ3) is 10.9. The van der Waals surface area contributed by atoms with Crippen LogP contribution in [-0.2, 0) is 4.74 Å². The Bertz CT molecular complexity index is 467. The summed E-state index contributed by atoms with van der Waals surface area (Å²) in [7, 11) is 1.51. The second kappa shape index (κ2) is 11.0. The van der Waals surface area contributed by atoms with Crippen LogP contribution in [0.1, 0.15) is 40.0 Å². The van der Waals surface area contributed by atoms with E-state index in [-0.39, 0.29) is 42.5 Å². The molecular formula is C16H30F3IN4O2. The van der Waals surface area contributed by atoms with Gasteiger partial charge in [-0.05, 0) is 39.5 Å². The van der Waals surface area contributed by atoms with Gasteiger partial charge in [0.1, 0.15) is 5.60 Å². The number of halogens is 4. The summed E-state index contributed by atoms with van der Waals surface area (Å²) in [6.45, 7) is 6.99. The highest BCUT2D eigenvalue weighted by molar-refractivity contribution is 14.0. The molecule has 0 aliphatic carbocycles. The van der Waals surface area contributed by atoms with Crippen LogP contribution in [0.15, 0.2) is 4.99 Å². The number of ether oxygens (including phenoxy) is 1. The molecule has 0 aromatic carbocycles. The lowest BCUT2D eigenvalue weighted by atomic mass is 9.98. The highest BCUT2D eigenvalue weighted by atomic mass is 127. The van der Waals surface area contributed by atoms with Crippen LogP contribution in [0.25, 0.3) is 0 Å². The smallest absolute Gasteiger partial charge is 0.410 e. The number of nitrogens with one attached hydrogen (secondary N) is 2. The minimum atomic E-state index is -4.19. The Balaban J connectivity index is 0.00000625. The van der Waals surface area contributed by atoms with Gasteiger partial charge >= 0.3 is 12.3 Å². The van der Waals surface area contributed by atoms with Gasteiger partial charge in [-0.2, -0.15) is 13.2 Å². The summed E-state index contributed by atoms with van der Waals surface area (Å²) in [6.07, 6.45) is -3.63. The monoisotopic (exact) mass is 494 g/mol. The van der Waals surface area contributed by atoms with Crippen molar-refractivity contribution in [3.63, 3.8) is 0 Å². The maximum absolute atomic E-state index is 12.2. The lowest BCUT2D eigenvalue weighted by molar-refractivity contribution is -0.132. The molecule has 0 bridgehead atoms. The van der Waals surface area contributed by atoms with Gasteiger partial charge in [-0.25, -0.2) is 4.79 Å². The molecule has 1 aliphatic rings. The first-order valence-electron chi connectivity index (χ1n) is 8.49. The predicted molar refractivity (Wildman–Crippen MR) is 106 cm³/mol. The summed E-state index contributed by atoms with van der Waals surface area (Å²) in [5.41, 5.74) is -0.535. The van der Waals surface area contributed by atoms with Crippen LogP contribution in [0.3, 0.4) is 0 Å². The van der Waals surface area contributed by atoms with Crippen LogP contribution in [0.2, 0.25) is 0 Å². The van der Waals surface area contributed by atoms with Gasteiger partial charge < -0.3 is 20.3 Å². The van der Waals surface area contributed by atoms with Crippen molar-refractivity contribution in [1.82, 2.24) is 15.5 Å². The average molecular weight is 494 g/mol. The van der Waals surface area contributed by atoms with Crippen LogP contribution in [0, 0.1) is 5.92 Å². The lowest BCUT2D eigenvalue weighted by Gasteiger charge is -2.34. The molecule has 154 valence electrons. The quantitative estimate of drug-likeness (QED) is 0.358. The Labute approximate surface area is 170 Å². The zero-order valence-electron chi connectivity index (χ0n) is 15.8. The van der Waals surface area contributed by atoms with Gasteiger partial charge in [0.25, 0.3) is 0 Å². The van der Waals surface area contributed by atoms with Crippen molar-refractivity contribution in [2.75, 3.05) is 33.2 Å². The van der Waals surface area contributed by atoms with Crippen LogP contribution >= 0.6 is 24.0 Å². The van der Waals surface area contributed by atoms with Crippen LogP contribution < -0.4 is 10.6 Å². The SMILES string of the molecule is CN=C(NCCC(F)(F)F)NCC1CCCN(C(=O)OC(C)(C)C)C1.I. The first-order chi connectivity index (χ1) is 11.5. The minimum Gasteiger partial charge on any atom is -0.444 e. The maximum atomic E-state index is 12.2. The highest BCUT2D eigenvalue weighted by Crippen LogP contribution is 2.19. The van der Waals surface area contributed by atoms with E-state index in [0.717, 1.165) is 12.8 Å². The van der Waals surface area contributed by atoms with Crippen LogP contribution in [0.4, 0.5) is 18.0 Å². The molecule has 6 nitrogen and oxygen atoms in total. The molecular weight excluding hydrogens is 464 g/mol. The fourth-order valence-corrected chi connectivity index (χ4v) is 2.51. The van der Waals surface area contributed by atoms with Gasteiger partial charge in [0.2, 0.25) is 0 Å². The average Bonchev–Trinajstić information content (AvgIpc) is 2.48. The molecule has 2 N–H and O–H groups in total. The molecule has 1 unspecified atom stereocenters. The van der Waals surface area contributed by atoms with Crippen molar-refractivity contribution in [3.05, 3.63) is 0 Å². The Morgan fingerprint density at radius 2 is 1.92 bits per heavy atom. The van der Waals surface area contributed by atoms with Gasteiger partial charge in [-0.1, -0.05) is 0 Å². The minimum absolute atomic E-state index is 0. The molecule has 26 heavy (non-hydrogen) atoms. The summed E-state index contributed by atoms with van der Waals surface area (Å²) >= 11 is 0. The number of hydrogen-bond donors (Lipinski definition) is 2. The number of carbonyl (C=O) groups is 1. The molecule has 0 aromatic rings. The number of aliphatic imine (C=N–C) groups is 1. The maximum Gasteiger partial charge on any atom is 0.410 e. The summed E-state index contributed by atoms with van der Waals surface area (Å²) in [6, 6.07) is 0. The highest BCUT2D eigenvalue weighted by Gasteiger charge is 2.28. The molecule has 1 heterocycles. The third-order valence-electron chi connectivity index (χ3n) is 3.65. The summed E-state index contributed by atoms with van der Waals surface area (Å²) in [5, 5.41) is 5.67. The van der Waals surface area contributed by atoms with E-state index in [0.29, 0.717) is 25.6 Å². The number of rotatable bonds is 4. The number of guanidine groups is 1. The number of likely N-dealkylation sites (tertiary alicyclic amines) is 1. The fourth-order valence-electron chi connectivity index (χ4n) is 2.51. The van der Waals surface area contributed by atoms with E-state index in [2.05, 4.69) is 15.6 Å². The molecule has 0 aromatic heterocycles. The van der Waals surface area contributed by atoms with Crippen molar-refractivity contribution < 1.29 is 22.7 Å². The van der Waals surface area contributed by atoms with E-state index in [1.54, 1.807) is 4.90 Å². The molecule has 1 rings (SSSR count). The number of nitrogens with zero attached hydrogens (tertiary/aromatic N) is 2. The Morgan fingerprint density at radius 3 is 2.46 bits per heavy atom. The van der Waals surface area contributed by atoms with Gasteiger partial charge in [-0.15, -0.1) is 24.0 Å². The number of carbonyl (C=O) groups excluding carboxylic acids is 1. The van der Waals surface area contributed by atoms with Crippen LogP contribution in [0.5, 0.6) is 0 Å². The first kappa shape index (κ1) is 25.1. The van der Waals surface area contributed by atoms with Gasteiger partial charge in [0.05, 0.1) is 6.42 Å². The summed E-state index contributed by atoms with van der Waals surface area (Å²) in [5.74, 6) is 0.529. The molecule has 1 fully saturated rings. The molecule has 1 amide bonds. The molecule has 1 saturated heterocycles. The lowest BCUT2D eigenvalue weighted by Crippen LogP contribution is -2.47. The summed E-state index contributed by atoms with van der Waals surface area (Å²) < 4.78 is 41.9. The second-order valence-electron chi connectivity index (χ2n) is 7.18. The van der Waals surface area contributed by atoms with Gasteiger partial charge in [-0.3, -0.25) is 4.99 Å². The fraction of sp³-hybridized carbons (Fsp3) is 0.875. The third-order valence-corrected chi connectivity index (χ3v) is 3.65. The molecule has 10 heteroatoms. The van der Waals surface area contributed by atoms with E-state index in [4.69, 9.17) is 4.74 Å². The molecule has 0 radical (unpaired) electrons. The van der Waals surface area contributed by atoms with E-state index < -0.39 is 18.2 Å². The van der Waals surface area contributed by atoms with Crippen molar-refractivity contribution in [1.29, 1.82) is 0 Å². The standard InChI is InChI=1S/C16H29F3N4O2.HI/c1-15(2,3)25-14(24)23-9-5-6-12(11-23)10-22-13(20-4)21-8-7-16(17,18)19;/h12H,5-11H2,1-4H3,(H2,20,21,22);1H. The number of piperidine rings is 1. The Morgan fingerprint density at radius 1 is 1.27 bits per heavy atom. The van der Waals surface area contributed by atoms with E-state index in [1.807, 2.05) is 20.8 Å². The second-order valence-corrected chi connectivity index (χ2v) is 7.18. The predicted octanol–water partition coefficient (Wildman–Crippen LogP) is 3.37. The number of hydrogen-bond acceptors (Lipinski definition) is 3. The van der Waals surface area contributed by atoms with E-state index in [9.17, 15) is 18.0 Å². The van der Waals surface area contributed by atoms with Crippen molar-refractivity contribution in [2.45, 2.75) is 51.8 Å². The first-order valence-corrected chi connectivity index (χ1v) is 8.49.